The van der Waals surface area contributed by atoms with Crippen LogP contribution >= 0.6 is 28.3 Å². The zero-order valence-electron chi connectivity index (χ0n) is 11.7. The molecule has 0 bridgehead atoms. The first-order valence-corrected chi connectivity index (χ1v) is 7.48. The van der Waals surface area contributed by atoms with Crippen LogP contribution in [-0.2, 0) is 9.53 Å². The smallest absolute Gasteiger partial charge is 0.257 e. The topological polar surface area (TPSA) is 50.8 Å². The number of ether oxygens (including phenoxy) is 2. The molecule has 0 atom stereocenters. The summed E-state index contributed by atoms with van der Waals surface area (Å²) in [6.07, 6.45) is 0. The van der Waals surface area contributed by atoms with Gasteiger partial charge in [-0.15, -0.1) is 12.4 Å². The molecule has 2 rings (SSSR count). The molecule has 1 aromatic carbocycles. The van der Waals surface area contributed by atoms with Crippen molar-refractivity contribution in [2.24, 2.45) is 0 Å². The van der Waals surface area contributed by atoms with Crippen LogP contribution in [0.2, 0.25) is 0 Å². The van der Waals surface area contributed by atoms with E-state index >= 15 is 0 Å². The van der Waals surface area contributed by atoms with Crippen molar-refractivity contribution in [2.45, 2.75) is 0 Å². The first-order valence-electron chi connectivity index (χ1n) is 6.69. The Hall–Kier alpha value is -0.820. The van der Waals surface area contributed by atoms with E-state index in [1.807, 2.05) is 24.3 Å². The quantitative estimate of drug-likeness (QED) is 0.817. The van der Waals surface area contributed by atoms with E-state index in [0.717, 1.165) is 37.3 Å². The molecule has 1 amide bonds. The molecule has 0 unspecified atom stereocenters. The highest BCUT2D eigenvalue weighted by Gasteiger charge is 2.10. The summed E-state index contributed by atoms with van der Waals surface area (Å²) in [6.45, 7) is 4.97. The van der Waals surface area contributed by atoms with Gasteiger partial charge >= 0.3 is 0 Å². The Labute approximate surface area is 139 Å². The van der Waals surface area contributed by atoms with Gasteiger partial charge in [-0.25, -0.2) is 0 Å². The molecule has 0 spiro atoms. The Morgan fingerprint density at radius 2 is 1.95 bits per heavy atom. The predicted octanol–water partition coefficient (Wildman–Crippen LogP) is 1.70. The molecule has 7 heteroatoms. The monoisotopic (exact) mass is 378 g/mol. The molecule has 1 aliphatic rings. The van der Waals surface area contributed by atoms with Gasteiger partial charge in [0.05, 0.1) is 13.2 Å². The molecule has 1 fully saturated rings. The van der Waals surface area contributed by atoms with E-state index in [0.29, 0.717) is 12.3 Å². The summed E-state index contributed by atoms with van der Waals surface area (Å²) in [7, 11) is 0. The Balaban J connectivity index is 0.00000220. The molecule has 0 radical (unpaired) electrons. The Morgan fingerprint density at radius 3 is 2.62 bits per heavy atom. The fourth-order valence-electron chi connectivity index (χ4n) is 1.91. The summed E-state index contributed by atoms with van der Waals surface area (Å²) in [5, 5.41) is 2.86. The summed E-state index contributed by atoms with van der Waals surface area (Å²) < 4.78 is 11.7. The van der Waals surface area contributed by atoms with Crippen LogP contribution in [0.4, 0.5) is 0 Å². The van der Waals surface area contributed by atoms with Gasteiger partial charge in [0, 0.05) is 30.7 Å². The maximum atomic E-state index is 11.6. The summed E-state index contributed by atoms with van der Waals surface area (Å²) >= 11 is 3.35. The third-order valence-electron chi connectivity index (χ3n) is 3.04. The maximum absolute atomic E-state index is 11.6. The van der Waals surface area contributed by atoms with E-state index in [1.54, 1.807) is 0 Å². The molecule has 21 heavy (non-hydrogen) atoms. The van der Waals surface area contributed by atoms with Gasteiger partial charge in [-0.3, -0.25) is 9.69 Å². The second kappa shape index (κ2) is 10.00. The zero-order chi connectivity index (χ0) is 14.2. The van der Waals surface area contributed by atoms with Crippen LogP contribution < -0.4 is 10.1 Å². The van der Waals surface area contributed by atoms with Gasteiger partial charge in [-0.2, -0.15) is 0 Å². The highest BCUT2D eigenvalue weighted by molar-refractivity contribution is 9.10. The molecule has 1 saturated heterocycles. The van der Waals surface area contributed by atoms with Crippen LogP contribution in [0.15, 0.2) is 28.7 Å². The second-order valence-corrected chi connectivity index (χ2v) is 5.46. The maximum Gasteiger partial charge on any atom is 0.257 e. The molecule has 118 valence electrons. The van der Waals surface area contributed by atoms with Gasteiger partial charge in [-0.05, 0) is 24.3 Å². The Bertz CT molecular complexity index is 425. The number of nitrogens with zero attached hydrogens (tertiary/aromatic N) is 1. The van der Waals surface area contributed by atoms with Crippen LogP contribution in [0, 0.1) is 0 Å². The van der Waals surface area contributed by atoms with Gasteiger partial charge < -0.3 is 14.8 Å². The van der Waals surface area contributed by atoms with Crippen molar-refractivity contribution in [3.8, 4) is 5.75 Å². The standard InChI is InChI=1S/C14H19BrN2O3.ClH/c15-12-1-3-13(4-2-12)20-11-14(18)16-5-6-17-7-9-19-10-8-17;/h1-4H,5-11H2,(H,16,18);1H. The van der Waals surface area contributed by atoms with E-state index < -0.39 is 0 Å². The van der Waals surface area contributed by atoms with E-state index in [2.05, 4.69) is 26.1 Å². The van der Waals surface area contributed by atoms with Crippen LogP contribution in [0.1, 0.15) is 0 Å². The Kier molecular flexibility index (Phi) is 8.68. The summed E-state index contributed by atoms with van der Waals surface area (Å²) in [4.78, 5) is 13.9. The largest absolute Gasteiger partial charge is 0.484 e. The molecule has 0 saturated carbocycles. The van der Waals surface area contributed by atoms with Crippen molar-refractivity contribution in [3.05, 3.63) is 28.7 Å². The SMILES string of the molecule is Cl.O=C(COc1ccc(Br)cc1)NCCN1CCOCC1. The third-order valence-corrected chi connectivity index (χ3v) is 3.57. The van der Waals surface area contributed by atoms with Crippen LogP contribution in [-0.4, -0.2) is 56.8 Å². The van der Waals surface area contributed by atoms with E-state index in [1.165, 1.54) is 0 Å². The number of morpholine rings is 1. The lowest BCUT2D eigenvalue weighted by molar-refractivity contribution is -0.123. The highest BCUT2D eigenvalue weighted by atomic mass is 79.9. The number of carbonyl (C=O) groups excluding carboxylic acids is 1. The summed E-state index contributed by atoms with van der Waals surface area (Å²) in [5.74, 6) is 0.595. The number of halogens is 2. The van der Waals surface area contributed by atoms with Gasteiger partial charge in [0.1, 0.15) is 5.75 Å². The molecular weight excluding hydrogens is 360 g/mol. The minimum Gasteiger partial charge on any atom is -0.484 e. The van der Waals surface area contributed by atoms with Gasteiger partial charge in [-0.1, -0.05) is 15.9 Å². The lowest BCUT2D eigenvalue weighted by atomic mass is 10.3. The molecule has 1 heterocycles. The number of rotatable bonds is 6. The second-order valence-electron chi connectivity index (χ2n) is 4.55. The first kappa shape index (κ1) is 18.2. The van der Waals surface area contributed by atoms with E-state index in [9.17, 15) is 4.79 Å². The minimum absolute atomic E-state index is 0. The highest BCUT2D eigenvalue weighted by Crippen LogP contribution is 2.15. The lowest BCUT2D eigenvalue weighted by Gasteiger charge is -2.26. The summed E-state index contributed by atoms with van der Waals surface area (Å²) in [5.41, 5.74) is 0. The van der Waals surface area contributed by atoms with Crippen LogP contribution in [0.5, 0.6) is 5.75 Å². The number of hydrogen-bond donors (Lipinski definition) is 1. The number of hydrogen-bond acceptors (Lipinski definition) is 4. The molecule has 0 aromatic heterocycles. The molecule has 1 aliphatic heterocycles. The van der Waals surface area contributed by atoms with Crippen molar-refractivity contribution < 1.29 is 14.3 Å². The fourth-order valence-corrected chi connectivity index (χ4v) is 2.17. The predicted molar refractivity (Wildman–Crippen MR) is 87.2 cm³/mol. The number of amides is 1. The van der Waals surface area contributed by atoms with E-state index in [4.69, 9.17) is 9.47 Å². The van der Waals surface area contributed by atoms with Gasteiger partial charge in [0.15, 0.2) is 6.61 Å². The average Bonchev–Trinajstić information content (AvgIpc) is 2.48. The molecule has 0 aliphatic carbocycles. The normalized spacial score (nSPS) is 15.1. The van der Waals surface area contributed by atoms with Crippen molar-refractivity contribution in [2.75, 3.05) is 46.0 Å². The molecule has 1 N–H and O–H groups in total. The third kappa shape index (κ3) is 7.13. The molecule has 1 aromatic rings. The Morgan fingerprint density at radius 1 is 1.29 bits per heavy atom. The number of nitrogens with one attached hydrogen (secondary N) is 1. The van der Waals surface area contributed by atoms with Crippen molar-refractivity contribution >= 4 is 34.2 Å². The van der Waals surface area contributed by atoms with Crippen LogP contribution in [0.25, 0.3) is 0 Å². The summed E-state index contributed by atoms with van der Waals surface area (Å²) in [6, 6.07) is 7.41. The number of carbonyl (C=O) groups is 1. The zero-order valence-corrected chi connectivity index (χ0v) is 14.1. The van der Waals surface area contributed by atoms with Crippen molar-refractivity contribution in [3.63, 3.8) is 0 Å². The lowest BCUT2D eigenvalue weighted by Crippen LogP contribution is -2.42. The fraction of sp³-hybridized carbons (Fsp3) is 0.500. The molecule has 5 nitrogen and oxygen atoms in total. The van der Waals surface area contributed by atoms with Crippen molar-refractivity contribution in [1.29, 1.82) is 0 Å². The van der Waals surface area contributed by atoms with Crippen LogP contribution in [0.3, 0.4) is 0 Å². The van der Waals surface area contributed by atoms with Gasteiger partial charge in [0.2, 0.25) is 0 Å². The minimum atomic E-state index is -0.0961. The first-order chi connectivity index (χ1) is 9.74. The molecular formula is C14H20BrClN2O3. The van der Waals surface area contributed by atoms with E-state index in [-0.39, 0.29) is 24.9 Å². The van der Waals surface area contributed by atoms with Gasteiger partial charge in [0.25, 0.3) is 5.91 Å². The number of benzene rings is 1. The average molecular weight is 380 g/mol. The van der Waals surface area contributed by atoms with Crippen molar-refractivity contribution in [1.82, 2.24) is 10.2 Å².